The van der Waals surface area contributed by atoms with Gasteiger partial charge in [-0.15, -0.1) is 0 Å². The first-order valence-corrected chi connectivity index (χ1v) is 6.19. The topological polar surface area (TPSA) is 88.5 Å². The molecule has 2 aromatic heterocycles. The van der Waals surface area contributed by atoms with Crippen LogP contribution >= 0.6 is 0 Å². The fourth-order valence-electron chi connectivity index (χ4n) is 2.26. The Balaban J connectivity index is 1.99. The zero-order valence-electron chi connectivity index (χ0n) is 11.4. The first-order chi connectivity index (χ1) is 9.58. The highest BCUT2D eigenvalue weighted by Gasteiger charge is 2.18. The molecule has 0 radical (unpaired) electrons. The maximum atomic E-state index is 12.4. The van der Waals surface area contributed by atoms with Crippen LogP contribution in [0.15, 0.2) is 18.2 Å². The largest absolute Gasteiger partial charge is 0.320 e. The standard InChI is InChI=1S/C13H14N6O/c1-7-11(8(2)19(3)17-7)13(20)14-9-5-4-6-10-12(9)16-18-15-10/h4-6H,1-3H3,(H,14,20)(H,15,16,18). The van der Waals surface area contributed by atoms with Crippen LogP contribution < -0.4 is 5.32 Å². The van der Waals surface area contributed by atoms with Crippen molar-refractivity contribution >= 4 is 22.6 Å². The second-order valence-corrected chi connectivity index (χ2v) is 4.62. The summed E-state index contributed by atoms with van der Waals surface area (Å²) < 4.78 is 1.70. The summed E-state index contributed by atoms with van der Waals surface area (Å²) in [6, 6.07) is 5.45. The second kappa shape index (κ2) is 4.44. The Morgan fingerprint density at radius 1 is 1.30 bits per heavy atom. The van der Waals surface area contributed by atoms with E-state index < -0.39 is 0 Å². The highest BCUT2D eigenvalue weighted by molar-refractivity contribution is 6.09. The molecule has 0 saturated heterocycles. The van der Waals surface area contributed by atoms with Gasteiger partial charge in [0.25, 0.3) is 5.91 Å². The summed E-state index contributed by atoms with van der Waals surface area (Å²) >= 11 is 0. The summed E-state index contributed by atoms with van der Waals surface area (Å²) in [5.74, 6) is -0.191. The predicted octanol–water partition coefficient (Wildman–Crippen LogP) is 1.56. The maximum absolute atomic E-state index is 12.4. The molecule has 0 bridgehead atoms. The van der Waals surface area contributed by atoms with E-state index in [1.807, 2.05) is 33.0 Å². The smallest absolute Gasteiger partial charge is 0.259 e. The van der Waals surface area contributed by atoms with Crippen LogP contribution in [0.1, 0.15) is 21.7 Å². The number of benzene rings is 1. The van der Waals surface area contributed by atoms with Gasteiger partial charge in [-0.1, -0.05) is 6.07 Å². The summed E-state index contributed by atoms with van der Waals surface area (Å²) in [5.41, 5.74) is 4.10. The number of H-pyrrole nitrogens is 1. The van der Waals surface area contributed by atoms with E-state index in [2.05, 4.69) is 25.8 Å². The van der Waals surface area contributed by atoms with Crippen LogP contribution in [-0.2, 0) is 7.05 Å². The number of anilines is 1. The first-order valence-electron chi connectivity index (χ1n) is 6.19. The van der Waals surface area contributed by atoms with Gasteiger partial charge in [0.05, 0.1) is 16.9 Å². The summed E-state index contributed by atoms with van der Waals surface area (Å²) in [5, 5.41) is 17.7. The summed E-state index contributed by atoms with van der Waals surface area (Å²) in [6.07, 6.45) is 0. The van der Waals surface area contributed by atoms with E-state index >= 15 is 0 Å². The third kappa shape index (κ3) is 1.83. The van der Waals surface area contributed by atoms with Crippen LogP contribution in [0.5, 0.6) is 0 Å². The van der Waals surface area contributed by atoms with Gasteiger partial charge in [0.1, 0.15) is 11.0 Å². The molecular weight excluding hydrogens is 256 g/mol. The third-order valence-corrected chi connectivity index (χ3v) is 3.33. The van der Waals surface area contributed by atoms with E-state index in [0.29, 0.717) is 28.0 Å². The van der Waals surface area contributed by atoms with E-state index in [9.17, 15) is 4.79 Å². The summed E-state index contributed by atoms with van der Waals surface area (Å²) in [4.78, 5) is 12.4. The molecule has 1 amide bonds. The van der Waals surface area contributed by atoms with Gasteiger partial charge in [0, 0.05) is 12.7 Å². The maximum Gasteiger partial charge on any atom is 0.259 e. The molecule has 3 aromatic rings. The summed E-state index contributed by atoms with van der Waals surface area (Å²) in [7, 11) is 1.82. The Morgan fingerprint density at radius 2 is 2.10 bits per heavy atom. The highest BCUT2D eigenvalue weighted by Crippen LogP contribution is 2.21. The van der Waals surface area contributed by atoms with E-state index in [1.54, 1.807) is 10.7 Å². The van der Waals surface area contributed by atoms with Crippen LogP contribution in [0, 0.1) is 13.8 Å². The van der Waals surface area contributed by atoms with Gasteiger partial charge in [-0.3, -0.25) is 9.48 Å². The number of rotatable bonds is 2. The molecule has 2 N–H and O–H groups in total. The van der Waals surface area contributed by atoms with Crippen LogP contribution in [-0.4, -0.2) is 31.1 Å². The number of fused-ring (bicyclic) bond motifs is 1. The van der Waals surface area contributed by atoms with Gasteiger partial charge in [0.2, 0.25) is 0 Å². The molecule has 0 saturated carbocycles. The van der Waals surface area contributed by atoms with Gasteiger partial charge >= 0.3 is 0 Å². The van der Waals surface area contributed by atoms with E-state index in [0.717, 1.165) is 5.69 Å². The van der Waals surface area contributed by atoms with E-state index in [1.165, 1.54) is 0 Å². The van der Waals surface area contributed by atoms with Crippen LogP contribution in [0.2, 0.25) is 0 Å². The number of nitrogens with zero attached hydrogens (tertiary/aromatic N) is 4. The zero-order valence-corrected chi connectivity index (χ0v) is 11.4. The van der Waals surface area contributed by atoms with Gasteiger partial charge in [-0.2, -0.15) is 20.5 Å². The van der Waals surface area contributed by atoms with Crippen molar-refractivity contribution in [2.45, 2.75) is 13.8 Å². The normalized spacial score (nSPS) is 10.9. The summed E-state index contributed by atoms with van der Waals surface area (Å²) in [6.45, 7) is 3.68. The second-order valence-electron chi connectivity index (χ2n) is 4.62. The van der Waals surface area contributed by atoms with Crippen molar-refractivity contribution in [1.29, 1.82) is 0 Å². The number of nitrogens with one attached hydrogen (secondary N) is 2. The number of para-hydroxylation sites is 1. The lowest BCUT2D eigenvalue weighted by molar-refractivity contribution is 0.102. The minimum atomic E-state index is -0.191. The first kappa shape index (κ1) is 12.3. The van der Waals surface area contributed by atoms with Gasteiger partial charge in [-0.05, 0) is 26.0 Å². The van der Waals surface area contributed by atoms with Gasteiger partial charge < -0.3 is 5.32 Å². The van der Waals surface area contributed by atoms with Crippen molar-refractivity contribution in [2.75, 3.05) is 5.32 Å². The Hall–Kier alpha value is -2.70. The van der Waals surface area contributed by atoms with Crippen LogP contribution in [0.3, 0.4) is 0 Å². The SMILES string of the molecule is Cc1nn(C)c(C)c1C(=O)Nc1cccc2n[nH]nc12. The molecule has 7 nitrogen and oxygen atoms in total. The molecule has 3 rings (SSSR count). The highest BCUT2D eigenvalue weighted by atomic mass is 16.1. The number of aromatic nitrogens is 5. The molecule has 1 aromatic carbocycles. The number of carbonyl (C=O) groups excluding carboxylic acids is 1. The van der Waals surface area contributed by atoms with E-state index in [-0.39, 0.29) is 5.91 Å². The minimum absolute atomic E-state index is 0.191. The number of aryl methyl sites for hydroxylation is 2. The van der Waals surface area contributed by atoms with Crippen molar-refractivity contribution in [3.63, 3.8) is 0 Å². The number of amides is 1. The van der Waals surface area contributed by atoms with Crippen molar-refractivity contribution in [3.05, 3.63) is 35.2 Å². The number of carbonyl (C=O) groups is 1. The van der Waals surface area contributed by atoms with Gasteiger partial charge in [0.15, 0.2) is 0 Å². The van der Waals surface area contributed by atoms with E-state index in [4.69, 9.17) is 0 Å². The fraction of sp³-hybridized carbons (Fsp3) is 0.231. The zero-order chi connectivity index (χ0) is 14.3. The monoisotopic (exact) mass is 270 g/mol. The lowest BCUT2D eigenvalue weighted by atomic mass is 10.1. The molecule has 0 fully saturated rings. The third-order valence-electron chi connectivity index (χ3n) is 3.33. The Kier molecular flexibility index (Phi) is 2.74. The lowest BCUT2D eigenvalue weighted by Crippen LogP contribution is -2.14. The molecular formula is C13H14N6O. The van der Waals surface area contributed by atoms with Crippen molar-refractivity contribution in [2.24, 2.45) is 7.05 Å². The molecule has 0 spiro atoms. The average Bonchev–Trinajstić information content (AvgIpc) is 2.96. The average molecular weight is 270 g/mol. The van der Waals surface area contributed by atoms with Gasteiger partial charge in [-0.25, -0.2) is 0 Å². The minimum Gasteiger partial charge on any atom is -0.320 e. The fourth-order valence-corrected chi connectivity index (χ4v) is 2.26. The molecule has 0 aliphatic heterocycles. The molecule has 7 heteroatoms. The van der Waals surface area contributed by atoms with Crippen LogP contribution in [0.25, 0.3) is 11.0 Å². The Bertz CT molecular complexity index is 800. The molecule has 0 aliphatic rings. The van der Waals surface area contributed by atoms with Crippen LogP contribution in [0.4, 0.5) is 5.69 Å². The quantitative estimate of drug-likeness (QED) is 0.739. The molecule has 20 heavy (non-hydrogen) atoms. The Morgan fingerprint density at radius 3 is 2.80 bits per heavy atom. The number of hydrogen-bond acceptors (Lipinski definition) is 4. The molecule has 102 valence electrons. The molecule has 0 unspecified atom stereocenters. The molecule has 0 aliphatic carbocycles. The van der Waals surface area contributed by atoms with Crippen molar-refractivity contribution in [3.8, 4) is 0 Å². The lowest BCUT2D eigenvalue weighted by Gasteiger charge is -2.05. The molecule has 0 atom stereocenters. The Labute approximate surface area is 115 Å². The number of hydrogen-bond donors (Lipinski definition) is 2. The van der Waals surface area contributed by atoms with Crippen molar-refractivity contribution in [1.82, 2.24) is 25.2 Å². The predicted molar refractivity (Wildman–Crippen MR) is 74.5 cm³/mol. The number of aromatic amines is 1. The van der Waals surface area contributed by atoms with Crippen molar-refractivity contribution < 1.29 is 4.79 Å². The molecule has 2 heterocycles.